The van der Waals surface area contributed by atoms with Crippen LogP contribution in [-0.2, 0) is 0 Å². The third-order valence-corrected chi connectivity index (χ3v) is 0.692. The molecule has 0 rings (SSSR count). The number of urea groups is 2. The number of carbonyl (C=O) groups excluding carboxylic acids is 2. The number of hydrogen-bond acceptors (Lipinski definition) is 2. The third kappa shape index (κ3) is 4.53. The summed E-state index contributed by atoms with van der Waals surface area (Å²) in [5.41, 5.74) is 10.6. The van der Waals surface area contributed by atoms with Crippen molar-refractivity contribution in [2.75, 3.05) is 0 Å². The number of carbonyl (C=O) groups is 2. The zero-order valence-electron chi connectivity index (χ0n) is 4.72. The van der Waals surface area contributed by atoms with Crippen molar-refractivity contribution in [1.29, 1.82) is 0 Å². The van der Waals surface area contributed by atoms with Crippen LogP contribution in [0.15, 0.2) is 0 Å². The number of hydrogen-bond donors (Lipinski definition) is 1. The molecule has 0 aromatic rings. The summed E-state index contributed by atoms with van der Waals surface area (Å²) >= 11 is 4.77. The fourth-order valence-corrected chi connectivity index (χ4v) is 0.100. The van der Waals surface area contributed by atoms with Gasteiger partial charge in [-0.05, 0) is 0 Å². The molecule has 0 unspecified atom stereocenters. The number of imide groups is 1. The van der Waals surface area contributed by atoms with E-state index in [9.17, 15) is 9.59 Å². The Morgan fingerprint density at radius 3 is 1.89 bits per heavy atom. The van der Waals surface area contributed by atoms with Crippen LogP contribution in [0.3, 0.4) is 0 Å². The molecule has 0 aromatic heterocycles. The van der Waals surface area contributed by atoms with Gasteiger partial charge in [0.05, 0.1) is 0 Å². The summed E-state index contributed by atoms with van der Waals surface area (Å²) < 4.78 is -0.0278. The van der Waals surface area contributed by atoms with E-state index >= 15 is 0 Å². The Morgan fingerprint density at radius 2 is 1.89 bits per heavy atom. The largest absolute Gasteiger partial charge is 1.00 e. The van der Waals surface area contributed by atoms with E-state index in [1.165, 1.54) is 0 Å². The summed E-state index contributed by atoms with van der Waals surface area (Å²) in [4.78, 5) is 19.6. The Labute approximate surface area is 78.7 Å². The van der Waals surface area contributed by atoms with E-state index in [-0.39, 0.29) is 34.0 Å². The fraction of sp³-hybridized carbons (Fsp3) is 0. The molecule has 0 aliphatic rings. The van der Waals surface area contributed by atoms with Crippen LogP contribution in [0.4, 0.5) is 9.59 Å². The van der Waals surface area contributed by atoms with Crippen molar-refractivity contribution in [3.63, 3.8) is 0 Å². The van der Waals surface area contributed by atoms with Crippen LogP contribution < -0.4 is 35.3 Å². The number of nitrogens with two attached hydrogens (primary N) is 1. The molecule has 0 spiro atoms. The maximum absolute atomic E-state index is 9.82. The zero-order valence-corrected chi connectivity index (χ0v) is 7.47. The van der Waals surface area contributed by atoms with Crippen LogP contribution in [0.25, 0.3) is 5.73 Å². The van der Waals surface area contributed by atoms with Gasteiger partial charge in [-0.15, -0.1) is 0 Å². The Kier molecular flexibility index (Phi) is 6.37. The first-order chi connectivity index (χ1) is 3.55. The number of nitrogens with zero attached hydrogens (tertiary/aromatic N) is 1. The molecule has 0 heterocycles. The summed E-state index contributed by atoms with van der Waals surface area (Å²) in [6, 6.07) is -2.48. The number of amides is 4. The summed E-state index contributed by atoms with van der Waals surface area (Å²) in [6.45, 7) is 0. The van der Waals surface area contributed by atoms with Crippen LogP contribution in [0, 0.1) is 0 Å². The van der Waals surface area contributed by atoms with E-state index in [0.717, 1.165) is 0 Å². The number of nitrogens with one attached hydrogen (secondary N) is 1. The molecule has 3 N–H and O–H groups in total. The van der Waals surface area contributed by atoms with Gasteiger partial charge < -0.3 is 11.5 Å². The van der Waals surface area contributed by atoms with Gasteiger partial charge in [0.2, 0.25) is 0 Å². The second-order valence-corrected chi connectivity index (χ2v) is 1.26. The molecule has 46 valence electrons. The first-order valence-corrected chi connectivity index (χ1v) is 1.90. The minimum absolute atomic E-state index is 0. The van der Waals surface area contributed by atoms with Crippen molar-refractivity contribution >= 4 is 23.8 Å². The van der Waals surface area contributed by atoms with Crippen LogP contribution in [0.5, 0.6) is 0 Å². The number of halogens is 1. The van der Waals surface area contributed by atoms with Gasteiger partial charge in [-0.2, -0.15) is 0 Å². The molecule has 7 heteroatoms. The molecule has 0 bridgehead atoms. The second kappa shape index (κ2) is 4.87. The number of primary amides is 1. The van der Waals surface area contributed by atoms with Gasteiger partial charge in [0.25, 0.3) is 6.03 Å². The Balaban J connectivity index is 0. The molecule has 0 fully saturated rings. The molecular weight excluding hydrogens is 156 g/mol. The Morgan fingerprint density at radius 1 is 1.56 bits per heavy atom. The second-order valence-electron chi connectivity index (χ2n) is 0.924. The molecule has 0 saturated carbocycles. The van der Waals surface area contributed by atoms with Crippen molar-refractivity contribution in [1.82, 2.24) is 4.42 Å². The Bertz CT molecular complexity index is 115. The average Bonchev–Trinajstić information content (AvgIpc) is 1.64. The molecule has 0 atom stereocenters. The standard InChI is InChI=1S/C2H4ClN3O2.Na/c3-6(1(4)7)2(5)8;/h(H4,4,5,7,8);/q;+1/p-1. The quantitative estimate of drug-likeness (QED) is 0.318. The predicted molar refractivity (Wildman–Crippen MR) is 27.0 cm³/mol. The summed E-state index contributed by atoms with van der Waals surface area (Å²) in [7, 11) is 0. The van der Waals surface area contributed by atoms with Gasteiger partial charge in [-0.1, -0.05) is 11.8 Å². The molecule has 0 aromatic carbocycles. The van der Waals surface area contributed by atoms with Crippen molar-refractivity contribution in [3.05, 3.63) is 5.73 Å². The van der Waals surface area contributed by atoms with E-state index in [4.69, 9.17) is 17.5 Å². The van der Waals surface area contributed by atoms with E-state index in [1.807, 2.05) is 0 Å². The average molecular weight is 160 g/mol. The van der Waals surface area contributed by atoms with Crippen molar-refractivity contribution in [2.45, 2.75) is 0 Å². The summed E-state index contributed by atoms with van der Waals surface area (Å²) in [6.07, 6.45) is 0. The minimum Gasteiger partial charge on any atom is -0.446 e. The van der Waals surface area contributed by atoms with Crippen LogP contribution in [0.2, 0.25) is 0 Å². The van der Waals surface area contributed by atoms with E-state index in [1.54, 1.807) is 0 Å². The van der Waals surface area contributed by atoms with Gasteiger partial charge in [-0.3, -0.25) is 14.0 Å². The van der Waals surface area contributed by atoms with Gasteiger partial charge in [-0.25, -0.2) is 0 Å². The number of rotatable bonds is 0. The molecular formula is C2H3ClN3NaO2. The van der Waals surface area contributed by atoms with Crippen molar-refractivity contribution < 1.29 is 39.1 Å². The summed E-state index contributed by atoms with van der Waals surface area (Å²) in [5.74, 6) is 0. The van der Waals surface area contributed by atoms with Crippen LogP contribution >= 0.6 is 11.8 Å². The molecule has 5 nitrogen and oxygen atoms in total. The molecule has 4 amide bonds. The minimum atomic E-state index is -1.33. The molecule has 0 aliphatic carbocycles. The van der Waals surface area contributed by atoms with Crippen molar-refractivity contribution in [3.8, 4) is 0 Å². The topological polar surface area (TPSA) is 87.2 Å². The van der Waals surface area contributed by atoms with Crippen LogP contribution in [0.1, 0.15) is 0 Å². The molecule has 9 heavy (non-hydrogen) atoms. The monoisotopic (exact) mass is 159 g/mol. The smallest absolute Gasteiger partial charge is 0.446 e. The maximum Gasteiger partial charge on any atom is 1.00 e. The zero-order chi connectivity index (χ0) is 6.73. The van der Waals surface area contributed by atoms with Gasteiger partial charge in [0.1, 0.15) is 0 Å². The van der Waals surface area contributed by atoms with Crippen molar-refractivity contribution in [2.24, 2.45) is 5.73 Å². The van der Waals surface area contributed by atoms with E-state index in [2.05, 4.69) is 5.73 Å². The van der Waals surface area contributed by atoms with Gasteiger partial charge >= 0.3 is 29.6 Å². The molecule has 0 radical (unpaired) electrons. The molecule has 0 aliphatic heterocycles. The third-order valence-electron chi connectivity index (χ3n) is 0.372. The van der Waals surface area contributed by atoms with E-state index < -0.39 is 12.1 Å². The van der Waals surface area contributed by atoms with Gasteiger partial charge in [0.15, 0.2) is 6.03 Å². The molecule has 0 saturated heterocycles. The fourth-order valence-electron chi connectivity index (χ4n) is 0.100. The SMILES string of the molecule is [NH-]C(=O)N(Cl)C(N)=O.[Na+]. The predicted octanol–water partition coefficient (Wildman–Crippen LogP) is -2.30. The first-order valence-electron chi connectivity index (χ1n) is 1.56. The summed E-state index contributed by atoms with van der Waals surface area (Å²) in [5, 5.41) is 0. The van der Waals surface area contributed by atoms with Crippen LogP contribution in [-0.4, -0.2) is 16.5 Å². The first kappa shape index (κ1) is 11.8. The Hall–Kier alpha value is 0.0300. The maximum atomic E-state index is 9.82. The van der Waals surface area contributed by atoms with E-state index in [0.29, 0.717) is 0 Å². The van der Waals surface area contributed by atoms with Gasteiger partial charge in [0, 0.05) is 0 Å². The normalized spacial score (nSPS) is 7.22.